The molecule has 2 aromatic heterocycles. The van der Waals surface area contributed by atoms with Gasteiger partial charge < -0.3 is 10.3 Å². The lowest BCUT2D eigenvalue weighted by molar-refractivity contribution is -0.385. The van der Waals surface area contributed by atoms with E-state index in [0.717, 1.165) is 12.3 Å². The first-order valence-corrected chi connectivity index (χ1v) is 5.87. The summed E-state index contributed by atoms with van der Waals surface area (Å²) in [6, 6.07) is 1.16. The van der Waals surface area contributed by atoms with Crippen molar-refractivity contribution >= 4 is 27.4 Å². The van der Waals surface area contributed by atoms with Gasteiger partial charge in [-0.15, -0.1) is 0 Å². The molecule has 0 aliphatic carbocycles. The Hall–Kier alpha value is -2.29. The van der Waals surface area contributed by atoms with Gasteiger partial charge in [-0.25, -0.2) is 4.98 Å². The van der Waals surface area contributed by atoms with Gasteiger partial charge in [0.15, 0.2) is 0 Å². The third-order valence-corrected chi connectivity index (χ3v) is 2.86. The Labute approximate surface area is 115 Å². The topological polar surface area (TPSA) is 117 Å². The van der Waals surface area contributed by atoms with Crippen molar-refractivity contribution in [3.05, 3.63) is 55.3 Å². The molecule has 19 heavy (non-hydrogen) atoms. The van der Waals surface area contributed by atoms with E-state index in [0.29, 0.717) is 5.69 Å². The first kappa shape index (κ1) is 13.1. The number of nitro groups is 1. The first-order valence-electron chi connectivity index (χ1n) is 5.08. The van der Waals surface area contributed by atoms with Gasteiger partial charge in [-0.1, -0.05) is 0 Å². The van der Waals surface area contributed by atoms with Crippen molar-refractivity contribution in [3.63, 3.8) is 0 Å². The van der Waals surface area contributed by atoms with Crippen molar-refractivity contribution in [2.45, 2.75) is 6.54 Å². The number of anilines is 1. The molecule has 2 heterocycles. The summed E-state index contributed by atoms with van der Waals surface area (Å²) >= 11 is 3.00. The smallest absolute Gasteiger partial charge is 0.286 e. The fraction of sp³-hybridized carbons (Fsp3) is 0.100. The third kappa shape index (κ3) is 2.94. The maximum Gasteiger partial charge on any atom is 0.286 e. The zero-order chi connectivity index (χ0) is 14.0. The van der Waals surface area contributed by atoms with Gasteiger partial charge in [0, 0.05) is 6.07 Å². The number of pyridine rings is 1. The summed E-state index contributed by atoms with van der Waals surface area (Å²) in [5.74, 6) is 0.260. The molecule has 0 aromatic carbocycles. The maximum absolute atomic E-state index is 11.8. The Bertz CT molecular complexity index is 683. The second kappa shape index (κ2) is 5.14. The minimum absolute atomic E-state index is 0.0758. The highest BCUT2D eigenvalue weighted by atomic mass is 79.9. The van der Waals surface area contributed by atoms with Crippen molar-refractivity contribution < 1.29 is 4.92 Å². The van der Waals surface area contributed by atoms with E-state index in [1.807, 2.05) is 0 Å². The first-order chi connectivity index (χ1) is 8.97. The van der Waals surface area contributed by atoms with Gasteiger partial charge in [0.1, 0.15) is 5.82 Å². The average Bonchev–Trinajstić information content (AvgIpc) is 2.37. The number of nitrogens with two attached hydrogens (primary N) is 1. The summed E-state index contributed by atoms with van der Waals surface area (Å²) in [5.41, 5.74) is 5.30. The van der Waals surface area contributed by atoms with Gasteiger partial charge in [0.25, 0.3) is 11.2 Å². The lowest BCUT2D eigenvalue weighted by Gasteiger charge is -2.05. The monoisotopic (exact) mass is 325 g/mol. The quantitative estimate of drug-likeness (QED) is 0.662. The van der Waals surface area contributed by atoms with Crippen LogP contribution in [-0.2, 0) is 6.54 Å². The third-order valence-electron chi connectivity index (χ3n) is 2.30. The predicted octanol–water partition coefficient (Wildman–Crippen LogP) is 0.940. The molecule has 0 saturated carbocycles. The molecule has 0 atom stereocenters. The van der Waals surface area contributed by atoms with E-state index in [1.165, 1.54) is 17.0 Å². The Balaban J connectivity index is 2.41. The molecule has 2 N–H and O–H groups in total. The Morgan fingerprint density at radius 1 is 1.42 bits per heavy atom. The van der Waals surface area contributed by atoms with Crippen LogP contribution >= 0.6 is 15.9 Å². The Morgan fingerprint density at radius 2 is 2.16 bits per heavy atom. The largest absolute Gasteiger partial charge is 0.382 e. The van der Waals surface area contributed by atoms with Crippen LogP contribution in [0.5, 0.6) is 0 Å². The van der Waals surface area contributed by atoms with Crippen molar-refractivity contribution in [2.24, 2.45) is 0 Å². The van der Waals surface area contributed by atoms with Gasteiger partial charge in [-0.05, 0) is 15.9 Å². The minimum atomic E-state index is -0.574. The maximum atomic E-state index is 11.8. The summed E-state index contributed by atoms with van der Waals surface area (Å²) in [5, 5.41) is 10.7. The molecule has 2 rings (SSSR count). The number of nitrogen functional groups attached to an aromatic ring is 1. The van der Waals surface area contributed by atoms with Crippen LogP contribution in [0.15, 0.2) is 33.9 Å². The van der Waals surface area contributed by atoms with E-state index in [1.54, 1.807) is 0 Å². The van der Waals surface area contributed by atoms with E-state index >= 15 is 0 Å². The summed E-state index contributed by atoms with van der Waals surface area (Å²) in [7, 11) is 0. The molecular weight excluding hydrogens is 318 g/mol. The fourth-order valence-corrected chi connectivity index (χ4v) is 1.88. The predicted molar refractivity (Wildman–Crippen MR) is 70.6 cm³/mol. The SMILES string of the molecule is Nc1cnc(Cn2cc([N+](=O)[O-])cc(Br)c2=O)cn1. The molecule has 8 nitrogen and oxygen atoms in total. The number of rotatable bonds is 3. The number of hydrogen-bond acceptors (Lipinski definition) is 6. The van der Waals surface area contributed by atoms with E-state index in [9.17, 15) is 14.9 Å². The van der Waals surface area contributed by atoms with Gasteiger partial charge >= 0.3 is 0 Å². The van der Waals surface area contributed by atoms with Crippen LogP contribution in [0.4, 0.5) is 11.5 Å². The van der Waals surface area contributed by atoms with Crippen molar-refractivity contribution in [3.8, 4) is 0 Å². The molecule has 9 heteroatoms. The standard InChI is InChI=1S/C10H8BrN5O3/c11-8-1-7(16(18)19)5-15(10(8)17)4-6-2-14-9(12)3-13-6/h1-3,5H,4H2,(H2,12,14). The highest BCUT2D eigenvalue weighted by Gasteiger charge is 2.12. The molecule has 0 fully saturated rings. The summed E-state index contributed by atoms with van der Waals surface area (Å²) in [6.45, 7) is 0.0758. The zero-order valence-electron chi connectivity index (χ0n) is 9.49. The van der Waals surface area contributed by atoms with Gasteiger partial charge in [-0.3, -0.25) is 19.9 Å². The highest BCUT2D eigenvalue weighted by Crippen LogP contribution is 2.14. The average molecular weight is 326 g/mol. The molecule has 0 saturated heterocycles. The van der Waals surface area contributed by atoms with E-state index in [2.05, 4.69) is 25.9 Å². The normalized spacial score (nSPS) is 10.4. The Kier molecular flexibility index (Phi) is 3.56. The molecule has 0 bridgehead atoms. The van der Waals surface area contributed by atoms with E-state index in [-0.39, 0.29) is 28.1 Å². The van der Waals surface area contributed by atoms with Crippen LogP contribution in [0, 0.1) is 10.1 Å². The van der Waals surface area contributed by atoms with Crippen LogP contribution in [0.1, 0.15) is 5.69 Å². The lowest BCUT2D eigenvalue weighted by atomic mass is 10.3. The molecule has 0 aliphatic heterocycles. The highest BCUT2D eigenvalue weighted by molar-refractivity contribution is 9.10. The van der Waals surface area contributed by atoms with Crippen molar-refractivity contribution in [1.82, 2.24) is 14.5 Å². The number of nitrogens with zero attached hydrogens (tertiary/aromatic N) is 4. The molecule has 0 amide bonds. The fourth-order valence-electron chi connectivity index (χ4n) is 1.42. The molecular formula is C10H8BrN5O3. The summed E-state index contributed by atoms with van der Waals surface area (Å²) < 4.78 is 1.30. The number of halogens is 1. The minimum Gasteiger partial charge on any atom is -0.382 e. The molecule has 98 valence electrons. The van der Waals surface area contributed by atoms with E-state index in [4.69, 9.17) is 5.73 Å². The molecule has 0 unspecified atom stereocenters. The summed E-state index contributed by atoms with van der Waals surface area (Å²) in [4.78, 5) is 29.8. The van der Waals surface area contributed by atoms with Gasteiger partial charge in [0.2, 0.25) is 0 Å². The van der Waals surface area contributed by atoms with Gasteiger partial charge in [-0.2, -0.15) is 0 Å². The van der Waals surface area contributed by atoms with Crippen LogP contribution in [0.2, 0.25) is 0 Å². The van der Waals surface area contributed by atoms with Crippen LogP contribution in [-0.4, -0.2) is 19.5 Å². The van der Waals surface area contributed by atoms with Crippen molar-refractivity contribution in [2.75, 3.05) is 5.73 Å². The zero-order valence-corrected chi connectivity index (χ0v) is 11.1. The second-order valence-corrected chi connectivity index (χ2v) is 4.52. The van der Waals surface area contributed by atoms with Crippen molar-refractivity contribution in [1.29, 1.82) is 0 Å². The molecule has 0 aliphatic rings. The van der Waals surface area contributed by atoms with Crippen LogP contribution in [0.25, 0.3) is 0 Å². The van der Waals surface area contributed by atoms with E-state index < -0.39 is 4.92 Å². The number of aromatic nitrogens is 3. The Morgan fingerprint density at radius 3 is 2.74 bits per heavy atom. The molecule has 0 radical (unpaired) electrons. The molecule has 2 aromatic rings. The summed E-state index contributed by atoms with van der Waals surface area (Å²) in [6.07, 6.45) is 3.92. The molecule has 0 spiro atoms. The van der Waals surface area contributed by atoms with Gasteiger partial charge in [0.05, 0.1) is 40.2 Å². The lowest BCUT2D eigenvalue weighted by Crippen LogP contribution is -2.21. The van der Waals surface area contributed by atoms with Crippen LogP contribution in [0.3, 0.4) is 0 Å². The van der Waals surface area contributed by atoms with Crippen LogP contribution < -0.4 is 11.3 Å². The second-order valence-electron chi connectivity index (χ2n) is 3.67. The number of hydrogen-bond donors (Lipinski definition) is 1.